The third kappa shape index (κ3) is 1.89. The van der Waals surface area contributed by atoms with Crippen LogP contribution < -0.4 is 5.46 Å². The summed E-state index contributed by atoms with van der Waals surface area (Å²) in [6.07, 6.45) is 0. The minimum Gasteiger partial charge on any atom is -0.427 e. The van der Waals surface area contributed by atoms with E-state index in [1.54, 1.807) is 12.1 Å². The van der Waals surface area contributed by atoms with Crippen molar-refractivity contribution in [3.63, 3.8) is 0 Å². The van der Waals surface area contributed by atoms with E-state index in [9.17, 15) is 20.1 Å². The topological polar surface area (TPSA) is 80.9 Å². The summed E-state index contributed by atoms with van der Waals surface area (Å²) < 4.78 is 0. The fourth-order valence-corrected chi connectivity index (χ4v) is 2.99. The van der Waals surface area contributed by atoms with Crippen LogP contribution in [0.5, 0.6) is 0 Å². The van der Waals surface area contributed by atoms with Gasteiger partial charge in [-0.3, -0.25) is 0 Å². The second kappa shape index (κ2) is 4.38. The van der Waals surface area contributed by atoms with Gasteiger partial charge in [0, 0.05) is 5.82 Å². The summed E-state index contributed by atoms with van der Waals surface area (Å²) in [7, 11) is -2.97. The molecule has 0 aliphatic heterocycles. The second-order valence-corrected chi connectivity index (χ2v) is 5.67. The lowest BCUT2D eigenvalue weighted by atomic mass is 9.62. The molecular formula is C12H18B2O4. The van der Waals surface area contributed by atoms with Crippen molar-refractivity contribution >= 4 is 19.7 Å². The van der Waals surface area contributed by atoms with Crippen LogP contribution in [0.15, 0.2) is 18.2 Å². The van der Waals surface area contributed by atoms with Crippen molar-refractivity contribution in [2.45, 2.75) is 32.0 Å². The average Bonchev–Trinajstić information content (AvgIpc) is 2.47. The molecule has 0 spiro atoms. The first-order valence-electron chi connectivity index (χ1n) is 6.13. The van der Waals surface area contributed by atoms with Crippen molar-refractivity contribution in [2.24, 2.45) is 5.92 Å². The molecule has 1 aromatic rings. The first-order valence-corrected chi connectivity index (χ1v) is 6.13. The Morgan fingerprint density at radius 3 is 2.22 bits per heavy atom. The molecular weight excluding hydrogens is 230 g/mol. The van der Waals surface area contributed by atoms with E-state index < -0.39 is 20.1 Å². The molecule has 2 atom stereocenters. The van der Waals surface area contributed by atoms with Gasteiger partial charge < -0.3 is 20.1 Å². The van der Waals surface area contributed by atoms with Crippen LogP contribution in [0.4, 0.5) is 0 Å². The van der Waals surface area contributed by atoms with Gasteiger partial charge in [0.15, 0.2) is 0 Å². The predicted molar refractivity (Wildman–Crippen MR) is 71.4 cm³/mol. The van der Waals surface area contributed by atoms with Gasteiger partial charge in [-0.2, -0.15) is 0 Å². The van der Waals surface area contributed by atoms with Gasteiger partial charge in [0.25, 0.3) is 0 Å². The molecule has 1 aromatic carbocycles. The van der Waals surface area contributed by atoms with E-state index in [1.165, 1.54) is 0 Å². The highest BCUT2D eigenvalue weighted by atomic mass is 16.4. The lowest BCUT2D eigenvalue weighted by Gasteiger charge is -2.27. The molecule has 0 saturated carbocycles. The smallest absolute Gasteiger partial charge is 0.427 e. The summed E-state index contributed by atoms with van der Waals surface area (Å²) in [5, 5.41) is 37.5. The number of hydrogen-bond donors (Lipinski definition) is 4. The molecule has 96 valence electrons. The van der Waals surface area contributed by atoms with E-state index in [-0.39, 0.29) is 11.3 Å². The maximum absolute atomic E-state index is 9.56. The molecule has 4 N–H and O–H groups in total. The zero-order valence-corrected chi connectivity index (χ0v) is 10.8. The van der Waals surface area contributed by atoms with Crippen LogP contribution in [0.2, 0.25) is 0 Å². The average molecular weight is 248 g/mol. The summed E-state index contributed by atoms with van der Waals surface area (Å²) in [6, 6.07) is 5.18. The second-order valence-electron chi connectivity index (χ2n) is 5.67. The molecule has 2 unspecified atom stereocenters. The zero-order chi connectivity index (χ0) is 13.7. The van der Waals surface area contributed by atoms with Gasteiger partial charge in [-0.05, 0) is 27.9 Å². The first kappa shape index (κ1) is 13.6. The maximum Gasteiger partial charge on any atom is 0.488 e. The Labute approximate surface area is 108 Å². The monoisotopic (exact) mass is 248 g/mol. The molecule has 0 amide bonds. The van der Waals surface area contributed by atoms with E-state index in [2.05, 4.69) is 13.8 Å². The minimum absolute atomic E-state index is 0.0681. The molecule has 1 aliphatic carbocycles. The summed E-state index contributed by atoms with van der Waals surface area (Å²) in [6.45, 7) is 6.11. The van der Waals surface area contributed by atoms with Crippen LogP contribution in [0.1, 0.15) is 37.7 Å². The van der Waals surface area contributed by atoms with Gasteiger partial charge in [0.1, 0.15) is 0 Å². The minimum atomic E-state index is -1.54. The van der Waals surface area contributed by atoms with Gasteiger partial charge in [-0.25, -0.2) is 0 Å². The highest BCUT2D eigenvalue weighted by Crippen LogP contribution is 2.50. The first-order chi connectivity index (χ1) is 8.26. The van der Waals surface area contributed by atoms with Crippen LogP contribution in [0, 0.1) is 5.92 Å². The number of fused-ring (bicyclic) bond motifs is 1. The van der Waals surface area contributed by atoms with Crippen molar-refractivity contribution in [2.75, 3.05) is 0 Å². The van der Waals surface area contributed by atoms with E-state index in [4.69, 9.17) is 0 Å². The summed E-state index contributed by atoms with van der Waals surface area (Å²) >= 11 is 0. The highest BCUT2D eigenvalue weighted by Gasteiger charge is 2.48. The van der Waals surface area contributed by atoms with E-state index in [1.807, 2.05) is 13.0 Å². The van der Waals surface area contributed by atoms with Crippen molar-refractivity contribution in [1.82, 2.24) is 0 Å². The molecule has 1 aliphatic rings. The van der Waals surface area contributed by atoms with Gasteiger partial charge >= 0.3 is 14.2 Å². The van der Waals surface area contributed by atoms with Gasteiger partial charge in [-0.15, -0.1) is 0 Å². The molecule has 0 saturated heterocycles. The maximum atomic E-state index is 9.56. The van der Waals surface area contributed by atoms with Gasteiger partial charge in [0.05, 0.1) is 0 Å². The van der Waals surface area contributed by atoms with Crippen LogP contribution in [-0.2, 0) is 5.41 Å². The Morgan fingerprint density at radius 2 is 1.72 bits per heavy atom. The van der Waals surface area contributed by atoms with Crippen LogP contribution in [-0.4, -0.2) is 34.3 Å². The zero-order valence-electron chi connectivity index (χ0n) is 10.8. The van der Waals surface area contributed by atoms with Crippen LogP contribution in [0.25, 0.3) is 0 Å². The SMILES string of the molecule is CC1C(B(O)O)c2cc(B(O)O)ccc2C1(C)C. The van der Waals surface area contributed by atoms with E-state index >= 15 is 0 Å². The van der Waals surface area contributed by atoms with Crippen molar-refractivity contribution in [1.29, 1.82) is 0 Å². The van der Waals surface area contributed by atoms with Crippen molar-refractivity contribution in [3.05, 3.63) is 29.3 Å². The Morgan fingerprint density at radius 1 is 1.11 bits per heavy atom. The van der Waals surface area contributed by atoms with Crippen LogP contribution >= 0.6 is 0 Å². The quantitative estimate of drug-likeness (QED) is 0.526. The molecule has 0 bridgehead atoms. The van der Waals surface area contributed by atoms with E-state index in [0.717, 1.165) is 11.1 Å². The molecule has 0 heterocycles. The van der Waals surface area contributed by atoms with Gasteiger partial charge in [0.2, 0.25) is 0 Å². The normalized spacial score (nSPS) is 24.8. The summed E-state index contributed by atoms with van der Waals surface area (Å²) in [5.74, 6) is -0.327. The summed E-state index contributed by atoms with van der Waals surface area (Å²) in [4.78, 5) is 0. The molecule has 0 fully saturated rings. The third-order valence-electron chi connectivity index (χ3n) is 4.43. The molecule has 4 nitrogen and oxygen atoms in total. The molecule has 2 rings (SSSR count). The number of hydrogen-bond acceptors (Lipinski definition) is 4. The molecule has 18 heavy (non-hydrogen) atoms. The fourth-order valence-electron chi connectivity index (χ4n) is 2.99. The lowest BCUT2D eigenvalue weighted by Crippen LogP contribution is -2.32. The van der Waals surface area contributed by atoms with Crippen molar-refractivity contribution in [3.8, 4) is 0 Å². The standard InChI is InChI=1S/C12H18B2O4/c1-7-11(14(17)18)9-6-8(13(15)16)4-5-10(9)12(7,2)3/h4-7,11,15-18H,1-3H3. The Bertz CT molecular complexity index is 459. The highest BCUT2D eigenvalue weighted by molar-refractivity contribution is 6.58. The Hall–Kier alpha value is -0.810. The van der Waals surface area contributed by atoms with Gasteiger partial charge in [-0.1, -0.05) is 39.0 Å². The molecule has 6 heteroatoms. The Balaban J connectivity index is 2.58. The Kier molecular flexibility index (Phi) is 3.32. The molecule has 0 aromatic heterocycles. The number of rotatable bonds is 2. The molecule has 0 radical (unpaired) electrons. The fraction of sp³-hybridized carbons (Fsp3) is 0.500. The van der Waals surface area contributed by atoms with E-state index in [0.29, 0.717) is 5.46 Å². The summed E-state index contributed by atoms with van der Waals surface area (Å²) in [5.41, 5.74) is 2.05. The third-order valence-corrected chi connectivity index (χ3v) is 4.43. The predicted octanol–water partition coefficient (Wildman–Crippen LogP) is -0.611. The largest absolute Gasteiger partial charge is 0.488 e. The number of benzene rings is 1. The van der Waals surface area contributed by atoms with Crippen LogP contribution in [0.3, 0.4) is 0 Å². The lowest BCUT2D eigenvalue weighted by molar-refractivity contribution is 0.313. The van der Waals surface area contributed by atoms with Crippen molar-refractivity contribution < 1.29 is 20.1 Å².